The van der Waals surface area contributed by atoms with Gasteiger partial charge in [-0.2, -0.15) is 10.2 Å². The van der Waals surface area contributed by atoms with Crippen LogP contribution in [0.3, 0.4) is 0 Å². The number of anilines is 1. The van der Waals surface area contributed by atoms with Gasteiger partial charge in [0.2, 0.25) is 0 Å². The van der Waals surface area contributed by atoms with E-state index in [1.54, 1.807) is 18.0 Å². The molecule has 0 bridgehead atoms. The van der Waals surface area contributed by atoms with Crippen LogP contribution in [0.4, 0.5) is 5.69 Å². The van der Waals surface area contributed by atoms with Crippen LogP contribution in [-0.4, -0.2) is 58.0 Å². The van der Waals surface area contributed by atoms with E-state index >= 15 is 0 Å². The number of morpholine rings is 1. The largest absolute Gasteiger partial charge is 0.452 e. The summed E-state index contributed by atoms with van der Waals surface area (Å²) < 4.78 is 21.1. The highest BCUT2D eigenvalue weighted by molar-refractivity contribution is 5.91. The molecular weight excluding hydrogens is 456 g/mol. The summed E-state index contributed by atoms with van der Waals surface area (Å²) >= 11 is 0. The Bertz CT molecular complexity index is 1530. The molecule has 184 valence electrons. The number of pyridine rings is 1. The zero-order valence-corrected chi connectivity index (χ0v) is 20.6. The lowest BCUT2D eigenvalue weighted by Gasteiger charge is -2.29. The van der Waals surface area contributed by atoms with Crippen molar-refractivity contribution in [2.75, 3.05) is 38.3 Å². The molecule has 1 aromatic carbocycles. The lowest BCUT2D eigenvalue weighted by atomic mass is 10.1. The molecule has 4 aromatic heterocycles. The van der Waals surface area contributed by atoms with Crippen molar-refractivity contribution in [1.29, 1.82) is 0 Å². The lowest BCUT2D eigenvalue weighted by Crippen LogP contribution is -2.36. The van der Waals surface area contributed by atoms with E-state index < -0.39 is 0 Å². The minimum absolute atomic E-state index is 0.414. The summed E-state index contributed by atoms with van der Waals surface area (Å²) in [6, 6.07) is 14.4. The SMILES string of the molecule is COCc1cc(-c2cccc(C)c2)nn1-c1cc(N2CCOCC2)c2oc(-c3cnn(C)c3)cc2n1. The summed E-state index contributed by atoms with van der Waals surface area (Å²) in [5, 5.41) is 9.25. The third-order valence-corrected chi connectivity index (χ3v) is 6.39. The smallest absolute Gasteiger partial charge is 0.176 e. The third-order valence-electron chi connectivity index (χ3n) is 6.39. The van der Waals surface area contributed by atoms with Gasteiger partial charge in [0.25, 0.3) is 0 Å². The van der Waals surface area contributed by atoms with Crippen molar-refractivity contribution < 1.29 is 13.9 Å². The van der Waals surface area contributed by atoms with Crippen molar-refractivity contribution in [2.45, 2.75) is 13.5 Å². The summed E-state index contributed by atoms with van der Waals surface area (Å²) in [6.45, 7) is 5.39. The van der Waals surface area contributed by atoms with Crippen molar-refractivity contribution in [2.24, 2.45) is 7.05 Å². The van der Waals surface area contributed by atoms with Gasteiger partial charge in [-0.15, -0.1) is 0 Å². The number of aryl methyl sites for hydroxylation is 2. The van der Waals surface area contributed by atoms with Crippen molar-refractivity contribution in [3.63, 3.8) is 0 Å². The molecule has 0 atom stereocenters. The van der Waals surface area contributed by atoms with Gasteiger partial charge in [0.05, 0.1) is 48.7 Å². The maximum Gasteiger partial charge on any atom is 0.176 e. The topological polar surface area (TPSA) is 83.4 Å². The predicted octanol–water partition coefficient (Wildman–Crippen LogP) is 4.37. The van der Waals surface area contributed by atoms with Crippen LogP contribution < -0.4 is 4.90 Å². The monoisotopic (exact) mass is 484 g/mol. The maximum atomic E-state index is 6.36. The molecule has 6 rings (SSSR count). The van der Waals surface area contributed by atoms with Crippen LogP contribution in [0.1, 0.15) is 11.3 Å². The van der Waals surface area contributed by atoms with Crippen LogP contribution in [0.5, 0.6) is 0 Å². The van der Waals surface area contributed by atoms with Crippen molar-refractivity contribution in [1.82, 2.24) is 24.5 Å². The molecule has 5 heterocycles. The standard InChI is InChI=1S/C27H28N6O3/c1-18-5-4-6-19(11-18)22-12-21(17-34-3)33(30-22)26-14-24(32-7-9-35-10-8-32)27-23(29-26)13-25(36-27)20-15-28-31(2)16-20/h4-6,11-16H,7-10,17H2,1-3H3. The molecular formula is C27H28N6O3. The molecule has 36 heavy (non-hydrogen) atoms. The van der Waals surface area contributed by atoms with Gasteiger partial charge in [-0.3, -0.25) is 4.68 Å². The second-order valence-electron chi connectivity index (χ2n) is 9.06. The first-order valence-electron chi connectivity index (χ1n) is 12.0. The minimum atomic E-state index is 0.414. The fourth-order valence-electron chi connectivity index (χ4n) is 4.64. The van der Waals surface area contributed by atoms with E-state index in [-0.39, 0.29) is 0 Å². The van der Waals surface area contributed by atoms with Gasteiger partial charge in [0, 0.05) is 51.1 Å². The van der Waals surface area contributed by atoms with E-state index in [1.807, 2.05) is 30.1 Å². The number of hydrogen-bond acceptors (Lipinski definition) is 7. The van der Waals surface area contributed by atoms with Gasteiger partial charge < -0.3 is 18.8 Å². The normalized spacial score (nSPS) is 14.1. The number of furan rings is 1. The Morgan fingerprint density at radius 2 is 1.92 bits per heavy atom. The molecule has 5 aromatic rings. The van der Waals surface area contributed by atoms with Gasteiger partial charge in [0.15, 0.2) is 11.4 Å². The molecule has 0 aliphatic carbocycles. The van der Waals surface area contributed by atoms with E-state index in [2.05, 4.69) is 47.3 Å². The molecule has 1 saturated heterocycles. The van der Waals surface area contributed by atoms with Crippen LogP contribution in [0.2, 0.25) is 0 Å². The molecule has 9 nitrogen and oxygen atoms in total. The number of methoxy groups -OCH3 is 1. The quantitative estimate of drug-likeness (QED) is 0.354. The summed E-state index contributed by atoms with van der Waals surface area (Å²) in [4.78, 5) is 7.27. The lowest BCUT2D eigenvalue weighted by molar-refractivity contribution is 0.122. The number of benzene rings is 1. The number of rotatable bonds is 6. The summed E-state index contributed by atoms with van der Waals surface area (Å²) in [5.74, 6) is 1.45. The highest BCUT2D eigenvalue weighted by Gasteiger charge is 2.22. The van der Waals surface area contributed by atoms with Crippen LogP contribution in [-0.2, 0) is 23.1 Å². The highest BCUT2D eigenvalue weighted by atomic mass is 16.5. The highest BCUT2D eigenvalue weighted by Crippen LogP contribution is 2.35. The van der Waals surface area contributed by atoms with E-state index in [1.165, 1.54) is 5.56 Å². The predicted molar refractivity (Wildman–Crippen MR) is 137 cm³/mol. The van der Waals surface area contributed by atoms with Crippen LogP contribution in [0.25, 0.3) is 39.5 Å². The second kappa shape index (κ2) is 9.25. The van der Waals surface area contributed by atoms with Crippen molar-refractivity contribution in [3.8, 4) is 28.4 Å². The Balaban J connectivity index is 1.52. The van der Waals surface area contributed by atoms with Crippen LogP contribution >= 0.6 is 0 Å². The van der Waals surface area contributed by atoms with E-state index in [9.17, 15) is 0 Å². The van der Waals surface area contributed by atoms with Gasteiger partial charge in [-0.05, 0) is 19.1 Å². The van der Waals surface area contributed by atoms with E-state index in [0.29, 0.717) is 25.6 Å². The molecule has 1 aliphatic heterocycles. The van der Waals surface area contributed by atoms with E-state index in [0.717, 1.165) is 58.2 Å². The average molecular weight is 485 g/mol. The number of nitrogens with zero attached hydrogens (tertiary/aromatic N) is 6. The van der Waals surface area contributed by atoms with Gasteiger partial charge >= 0.3 is 0 Å². The molecule has 0 unspecified atom stereocenters. The fourth-order valence-corrected chi connectivity index (χ4v) is 4.64. The zero-order chi connectivity index (χ0) is 24.6. The third kappa shape index (κ3) is 4.16. The summed E-state index contributed by atoms with van der Waals surface area (Å²) in [7, 11) is 3.58. The summed E-state index contributed by atoms with van der Waals surface area (Å²) in [6.07, 6.45) is 3.73. The van der Waals surface area contributed by atoms with Gasteiger partial charge in [0.1, 0.15) is 11.3 Å². The Morgan fingerprint density at radius 1 is 1.06 bits per heavy atom. The van der Waals surface area contributed by atoms with Crippen LogP contribution in [0, 0.1) is 6.92 Å². The number of ether oxygens (including phenoxy) is 2. The molecule has 0 spiro atoms. The molecule has 0 N–H and O–H groups in total. The molecule has 1 fully saturated rings. The molecule has 0 saturated carbocycles. The van der Waals surface area contributed by atoms with Crippen molar-refractivity contribution in [3.05, 3.63) is 66.1 Å². The molecule has 9 heteroatoms. The molecule has 0 radical (unpaired) electrons. The Morgan fingerprint density at radius 3 is 2.67 bits per heavy atom. The van der Waals surface area contributed by atoms with Gasteiger partial charge in [-0.1, -0.05) is 23.8 Å². The van der Waals surface area contributed by atoms with Crippen molar-refractivity contribution >= 4 is 16.8 Å². The Hall–Kier alpha value is -3.95. The maximum absolute atomic E-state index is 6.36. The first-order valence-corrected chi connectivity index (χ1v) is 12.0. The first kappa shape index (κ1) is 22.5. The van der Waals surface area contributed by atoms with Crippen LogP contribution in [0.15, 0.2) is 59.3 Å². The second-order valence-corrected chi connectivity index (χ2v) is 9.06. The number of aromatic nitrogens is 5. The zero-order valence-electron chi connectivity index (χ0n) is 20.6. The molecule has 0 amide bonds. The fraction of sp³-hybridized carbons (Fsp3) is 0.296. The van der Waals surface area contributed by atoms with Gasteiger partial charge in [-0.25, -0.2) is 9.67 Å². The number of fused-ring (bicyclic) bond motifs is 1. The Labute approximate surface area is 208 Å². The summed E-state index contributed by atoms with van der Waals surface area (Å²) in [5.41, 5.74) is 7.44. The average Bonchev–Trinajstić information content (AvgIpc) is 3.62. The first-order chi connectivity index (χ1) is 17.6. The molecule has 1 aliphatic rings. The van der Waals surface area contributed by atoms with E-state index in [4.69, 9.17) is 24.0 Å². The minimum Gasteiger partial charge on any atom is -0.452 e. The number of hydrogen-bond donors (Lipinski definition) is 0. The Kier molecular flexibility index (Phi) is 5.79.